The third-order valence-corrected chi connectivity index (χ3v) is 4.93. The van der Waals surface area contributed by atoms with Crippen molar-refractivity contribution < 1.29 is 19.0 Å². The van der Waals surface area contributed by atoms with Crippen molar-refractivity contribution in [3.05, 3.63) is 87.4 Å². The first kappa shape index (κ1) is 22.5. The molecule has 1 amide bonds. The lowest BCUT2D eigenvalue weighted by molar-refractivity contribution is 0.0952. The summed E-state index contributed by atoms with van der Waals surface area (Å²) >= 11 is 12.1. The summed E-state index contributed by atoms with van der Waals surface area (Å²) in [6, 6.07) is 17.5. The summed E-state index contributed by atoms with van der Waals surface area (Å²) in [4.78, 5) is 12.5. The quantitative estimate of drug-likeness (QED) is 0.364. The van der Waals surface area contributed by atoms with Crippen LogP contribution in [0, 0.1) is 0 Å². The van der Waals surface area contributed by atoms with Crippen LogP contribution in [0.15, 0.2) is 65.8 Å². The largest absolute Gasteiger partial charge is 0.497 e. The van der Waals surface area contributed by atoms with Gasteiger partial charge in [0.25, 0.3) is 5.91 Å². The van der Waals surface area contributed by atoms with E-state index < -0.39 is 5.91 Å². The third kappa shape index (κ3) is 5.90. The molecule has 160 valence electrons. The van der Waals surface area contributed by atoms with E-state index in [1.54, 1.807) is 43.5 Å². The predicted octanol–water partition coefficient (Wildman–Crippen LogP) is 5.35. The van der Waals surface area contributed by atoms with Crippen molar-refractivity contribution in [3.63, 3.8) is 0 Å². The number of carbonyl (C=O) groups excluding carboxylic acids is 1. The number of benzene rings is 3. The van der Waals surface area contributed by atoms with E-state index in [2.05, 4.69) is 10.5 Å². The number of para-hydroxylation sites is 1. The molecular weight excluding hydrogens is 439 g/mol. The highest BCUT2D eigenvalue weighted by atomic mass is 35.5. The molecule has 3 aromatic rings. The van der Waals surface area contributed by atoms with E-state index in [0.29, 0.717) is 38.4 Å². The molecule has 0 saturated heterocycles. The Labute approximate surface area is 190 Å². The number of amides is 1. The van der Waals surface area contributed by atoms with Crippen molar-refractivity contribution in [2.75, 3.05) is 14.2 Å². The Morgan fingerprint density at radius 3 is 2.55 bits per heavy atom. The second kappa shape index (κ2) is 10.7. The highest BCUT2D eigenvalue weighted by Gasteiger charge is 2.13. The first-order chi connectivity index (χ1) is 15.0. The number of halogens is 2. The van der Waals surface area contributed by atoms with Gasteiger partial charge in [0.15, 0.2) is 0 Å². The first-order valence-corrected chi connectivity index (χ1v) is 9.98. The Bertz CT molecular complexity index is 1100. The van der Waals surface area contributed by atoms with Crippen molar-refractivity contribution in [1.29, 1.82) is 0 Å². The molecule has 0 saturated carbocycles. The van der Waals surface area contributed by atoms with E-state index >= 15 is 0 Å². The average Bonchev–Trinajstić information content (AvgIpc) is 2.78. The van der Waals surface area contributed by atoms with Crippen LogP contribution < -0.4 is 19.6 Å². The highest BCUT2D eigenvalue weighted by molar-refractivity contribution is 6.35. The number of hydrogen-bond donors (Lipinski definition) is 1. The lowest BCUT2D eigenvalue weighted by atomic mass is 10.2. The van der Waals surface area contributed by atoms with Crippen LogP contribution in [0.25, 0.3) is 0 Å². The van der Waals surface area contributed by atoms with Gasteiger partial charge in [0.2, 0.25) is 0 Å². The summed E-state index contributed by atoms with van der Waals surface area (Å²) in [6.45, 7) is 0.260. The summed E-state index contributed by atoms with van der Waals surface area (Å²) in [5, 5.41) is 5.13. The molecule has 0 aliphatic rings. The summed E-state index contributed by atoms with van der Waals surface area (Å²) < 4.78 is 16.3. The number of rotatable bonds is 8. The van der Waals surface area contributed by atoms with Crippen molar-refractivity contribution >= 4 is 35.3 Å². The maximum atomic E-state index is 12.5. The van der Waals surface area contributed by atoms with Gasteiger partial charge in [-0.1, -0.05) is 41.4 Å². The highest BCUT2D eigenvalue weighted by Crippen LogP contribution is 2.25. The van der Waals surface area contributed by atoms with Crippen LogP contribution in [0.3, 0.4) is 0 Å². The van der Waals surface area contributed by atoms with E-state index in [1.807, 2.05) is 24.3 Å². The van der Waals surface area contributed by atoms with Gasteiger partial charge in [0.05, 0.1) is 26.0 Å². The molecule has 1 N–H and O–H groups in total. The van der Waals surface area contributed by atoms with Gasteiger partial charge in [-0.05, 0) is 36.4 Å². The summed E-state index contributed by atoms with van der Waals surface area (Å²) in [7, 11) is 3.02. The molecule has 0 fully saturated rings. The lowest BCUT2D eigenvalue weighted by Crippen LogP contribution is -2.18. The SMILES string of the molecule is COc1ccc(C(=O)N/N=C\c2ccccc2OCc2ccc(Cl)cc2Cl)c(OC)c1. The van der Waals surface area contributed by atoms with Gasteiger partial charge in [-0.2, -0.15) is 5.10 Å². The summed E-state index contributed by atoms with van der Waals surface area (Å²) in [6.07, 6.45) is 1.51. The molecule has 6 nitrogen and oxygen atoms in total. The molecule has 0 unspecified atom stereocenters. The molecule has 3 aromatic carbocycles. The van der Waals surface area contributed by atoms with Gasteiger partial charge in [0.1, 0.15) is 23.9 Å². The smallest absolute Gasteiger partial charge is 0.275 e. The average molecular weight is 459 g/mol. The fourth-order valence-corrected chi connectivity index (χ4v) is 3.18. The molecule has 0 radical (unpaired) electrons. The van der Waals surface area contributed by atoms with Gasteiger partial charge >= 0.3 is 0 Å². The molecular formula is C23H20Cl2N2O4. The maximum absolute atomic E-state index is 12.5. The zero-order valence-corrected chi connectivity index (χ0v) is 18.4. The molecule has 31 heavy (non-hydrogen) atoms. The normalized spacial score (nSPS) is 10.7. The number of methoxy groups -OCH3 is 2. The fourth-order valence-electron chi connectivity index (χ4n) is 2.72. The second-order valence-electron chi connectivity index (χ2n) is 6.33. The van der Waals surface area contributed by atoms with Crippen molar-refractivity contribution in [1.82, 2.24) is 5.43 Å². The topological polar surface area (TPSA) is 69.2 Å². The molecule has 0 aliphatic carbocycles. The van der Waals surface area contributed by atoms with Gasteiger partial charge < -0.3 is 14.2 Å². The van der Waals surface area contributed by atoms with Crippen LogP contribution in [0.2, 0.25) is 10.0 Å². The first-order valence-electron chi connectivity index (χ1n) is 9.23. The molecule has 0 spiro atoms. The zero-order chi connectivity index (χ0) is 22.2. The number of ether oxygens (including phenoxy) is 3. The molecule has 0 aromatic heterocycles. The molecule has 8 heteroatoms. The number of hydrazone groups is 1. The van der Waals surface area contributed by atoms with Crippen LogP contribution >= 0.6 is 23.2 Å². The molecule has 0 bridgehead atoms. The number of carbonyl (C=O) groups is 1. The second-order valence-corrected chi connectivity index (χ2v) is 7.17. The fraction of sp³-hybridized carbons (Fsp3) is 0.130. The summed E-state index contributed by atoms with van der Waals surface area (Å²) in [5.74, 6) is 1.15. The standard InChI is InChI=1S/C23H20Cl2N2O4/c1-29-18-9-10-19(22(12-18)30-2)23(28)27-26-13-15-5-3-4-6-21(15)31-14-16-7-8-17(24)11-20(16)25/h3-13H,14H2,1-2H3,(H,27,28)/b26-13-. The minimum atomic E-state index is -0.415. The van der Waals surface area contributed by atoms with Gasteiger partial charge in [-0.3, -0.25) is 4.79 Å². The Hall–Kier alpha value is -3.22. The Kier molecular flexibility index (Phi) is 7.76. The number of hydrogen-bond acceptors (Lipinski definition) is 5. The molecule has 0 aliphatic heterocycles. The Morgan fingerprint density at radius 2 is 1.81 bits per heavy atom. The van der Waals surface area contributed by atoms with E-state index in [1.165, 1.54) is 13.3 Å². The van der Waals surface area contributed by atoms with Gasteiger partial charge in [-0.15, -0.1) is 0 Å². The number of nitrogens with one attached hydrogen (secondary N) is 1. The van der Waals surface area contributed by atoms with Crippen molar-refractivity contribution in [2.45, 2.75) is 6.61 Å². The Morgan fingerprint density at radius 1 is 1.00 bits per heavy atom. The molecule has 3 rings (SSSR count). The zero-order valence-electron chi connectivity index (χ0n) is 16.9. The van der Waals surface area contributed by atoms with Gasteiger partial charge in [-0.25, -0.2) is 5.43 Å². The minimum absolute atomic E-state index is 0.260. The van der Waals surface area contributed by atoms with Crippen molar-refractivity contribution in [3.8, 4) is 17.2 Å². The van der Waals surface area contributed by atoms with E-state index in [-0.39, 0.29) is 6.61 Å². The van der Waals surface area contributed by atoms with Crippen LogP contribution in [-0.4, -0.2) is 26.3 Å². The van der Waals surface area contributed by atoms with Crippen molar-refractivity contribution in [2.24, 2.45) is 5.10 Å². The minimum Gasteiger partial charge on any atom is -0.497 e. The van der Waals surface area contributed by atoms with Crippen LogP contribution in [0.5, 0.6) is 17.2 Å². The summed E-state index contributed by atoms with van der Waals surface area (Å²) in [5.41, 5.74) is 4.32. The predicted molar refractivity (Wildman–Crippen MR) is 122 cm³/mol. The van der Waals surface area contributed by atoms with Crippen LogP contribution in [0.4, 0.5) is 0 Å². The molecule has 0 atom stereocenters. The maximum Gasteiger partial charge on any atom is 0.275 e. The molecule has 0 heterocycles. The third-order valence-electron chi connectivity index (χ3n) is 4.34. The van der Waals surface area contributed by atoms with E-state index in [9.17, 15) is 4.79 Å². The van der Waals surface area contributed by atoms with E-state index in [4.69, 9.17) is 37.4 Å². The Balaban J connectivity index is 1.68. The van der Waals surface area contributed by atoms with Crippen LogP contribution in [-0.2, 0) is 6.61 Å². The van der Waals surface area contributed by atoms with E-state index in [0.717, 1.165) is 5.56 Å². The van der Waals surface area contributed by atoms with Gasteiger partial charge in [0, 0.05) is 27.2 Å². The number of nitrogens with zero attached hydrogens (tertiary/aromatic N) is 1. The lowest BCUT2D eigenvalue weighted by Gasteiger charge is -2.11. The monoisotopic (exact) mass is 458 g/mol. The van der Waals surface area contributed by atoms with Crippen LogP contribution in [0.1, 0.15) is 21.5 Å².